The number of carbonyl (C=O) groups is 2. The Hall–Kier alpha value is -4.25. The predicted molar refractivity (Wildman–Crippen MR) is 137 cm³/mol. The maximum Gasteiger partial charge on any atom is 0.270 e. The van der Waals surface area contributed by atoms with Crippen molar-refractivity contribution in [3.05, 3.63) is 108 Å². The summed E-state index contributed by atoms with van der Waals surface area (Å²) in [6.45, 7) is 5.76. The molecule has 4 rings (SSSR count). The molecule has 0 radical (unpaired) electrons. The number of hydrogen-bond acceptors (Lipinski definition) is 3. The third-order valence-corrected chi connectivity index (χ3v) is 5.13. The Morgan fingerprint density at radius 3 is 1.79 bits per heavy atom. The molecule has 0 aliphatic heterocycles. The summed E-state index contributed by atoms with van der Waals surface area (Å²) in [5.41, 5.74) is 3.59. The SMILES string of the molecule is CC(C)(C)NC(=O)c1cc(-c2ccccc2)c(C(=O)Nc2ccccc2)c(-c2ccccc2)n1. The maximum atomic E-state index is 13.7. The monoisotopic (exact) mass is 449 g/mol. The summed E-state index contributed by atoms with van der Waals surface area (Å²) in [7, 11) is 0. The Balaban J connectivity index is 1.95. The molecule has 1 heterocycles. The second-order valence-electron chi connectivity index (χ2n) is 9.03. The van der Waals surface area contributed by atoms with Gasteiger partial charge in [0.2, 0.25) is 0 Å². The fourth-order valence-corrected chi connectivity index (χ4v) is 3.66. The first-order valence-electron chi connectivity index (χ1n) is 11.2. The fraction of sp³-hybridized carbons (Fsp3) is 0.138. The number of pyridine rings is 1. The van der Waals surface area contributed by atoms with Crippen LogP contribution < -0.4 is 10.6 Å². The van der Waals surface area contributed by atoms with E-state index in [1.807, 2.05) is 112 Å². The van der Waals surface area contributed by atoms with Crippen molar-refractivity contribution in [2.75, 3.05) is 5.32 Å². The van der Waals surface area contributed by atoms with E-state index >= 15 is 0 Å². The molecule has 0 atom stereocenters. The van der Waals surface area contributed by atoms with Gasteiger partial charge in [-0.1, -0.05) is 78.9 Å². The molecule has 2 amide bonds. The van der Waals surface area contributed by atoms with Crippen LogP contribution in [0.2, 0.25) is 0 Å². The van der Waals surface area contributed by atoms with E-state index in [2.05, 4.69) is 10.6 Å². The minimum Gasteiger partial charge on any atom is -0.346 e. The van der Waals surface area contributed by atoms with Crippen LogP contribution in [0.4, 0.5) is 5.69 Å². The van der Waals surface area contributed by atoms with E-state index in [1.54, 1.807) is 6.07 Å². The summed E-state index contributed by atoms with van der Waals surface area (Å²) in [6, 6.07) is 30.0. The van der Waals surface area contributed by atoms with Gasteiger partial charge >= 0.3 is 0 Å². The first-order valence-corrected chi connectivity index (χ1v) is 11.2. The van der Waals surface area contributed by atoms with Gasteiger partial charge in [-0.3, -0.25) is 9.59 Å². The van der Waals surface area contributed by atoms with Crippen LogP contribution in [-0.2, 0) is 0 Å². The molecule has 4 aromatic rings. The van der Waals surface area contributed by atoms with Crippen molar-refractivity contribution in [2.45, 2.75) is 26.3 Å². The zero-order valence-electron chi connectivity index (χ0n) is 19.5. The molecule has 34 heavy (non-hydrogen) atoms. The Bertz CT molecular complexity index is 1240. The molecular formula is C29H27N3O2. The second kappa shape index (κ2) is 9.71. The average Bonchev–Trinajstić information content (AvgIpc) is 2.84. The highest BCUT2D eigenvalue weighted by atomic mass is 16.2. The number of amides is 2. The van der Waals surface area contributed by atoms with Crippen LogP contribution in [0.3, 0.4) is 0 Å². The lowest BCUT2D eigenvalue weighted by atomic mass is 9.94. The Labute approximate surface area is 199 Å². The lowest BCUT2D eigenvalue weighted by Gasteiger charge is -2.22. The van der Waals surface area contributed by atoms with Crippen LogP contribution in [0.15, 0.2) is 97.1 Å². The summed E-state index contributed by atoms with van der Waals surface area (Å²) in [4.78, 5) is 31.5. The fourth-order valence-electron chi connectivity index (χ4n) is 3.66. The molecule has 1 aromatic heterocycles. The van der Waals surface area contributed by atoms with Gasteiger partial charge < -0.3 is 10.6 Å². The van der Waals surface area contributed by atoms with Gasteiger partial charge in [-0.25, -0.2) is 4.98 Å². The van der Waals surface area contributed by atoms with Gasteiger partial charge in [0.05, 0.1) is 11.3 Å². The van der Waals surface area contributed by atoms with Gasteiger partial charge in [-0.2, -0.15) is 0 Å². The molecule has 170 valence electrons. The highest BCUT2D eigenvalue weighted by molar-refractivity contribution is 6.13. The number of nitrogens with one attached hydrogen (secondary N) is 2. The van der Waals surface area contributed by atoms with Gasteiger partial charge in [0.15, 0.2) is 0 Å². The zero-order chi connectivity index (χ0) is 24.1. The average molecular weight is 450 g/mol. The van der Waals surface area contributed by atoms with Crippen LogP contribution in [0.1, 0.15) is 41.6 Å². The van der Waals surface area contributed by atoms with Crippen molar-refractivity contribution in [2.24, 2.45) is 0 Å². The normalized spacial score (nSPS) is 11.0. The van der Waals surface area contributed by atoms with Gasteiger partial charge in [0.1, 0.15) is 5.69 Å². The molecule has 3 aromatic carbocycles. The third-order valence-electron chi connectivity index (χ3n) is 5.13. The molecule has 2 N–H and O–H groups in total. The van der Waals surface area contributed by atoms with Crippen molar-refractivity contribution >= 4 is 17.5 Å². The van der Waals surface area contributed by atoms with Gasteiger partial charge in [-0.15, -0.1) is 0 Å². The van der Waals surface area contributed by atoms with Crippen LogP contribution in [0.25, 0.3) is 22.4 Å². The number of hydrogen-bond donors (Lipinski definition) is 2. The lowest BCUT2D eigenvalue weighted by Crippen LogP contribution is -2.41. The minimum absolute atomic E-state index is 0.254. The number of carbonyl (C=O) groups excluding carboxylic acids is 2. The van der Waals surface area contributed by atoms with E-state index < -0.39 is 5.54 Å². The molecule has 0 aliphatic carbocycles. The molecule has 5 nitrogen and oxygen atoms in total. The summed E-state index contributed by atoms with van der Waals surface area (Å²) < 4.78 is 0. The summed E-state index contributed by atoms with van der Waals surface area (Å²) >= 11 is 0. The Morgan fingerprint density at radius 2 is 1.24 bits per heavy atom. The third kappa shape index (κ3) is 5.38. The molecule has 0 bridgehead atoms. The van der Waals surface area contributed by atoms with Crippen molar-refractivity contribution in [3.63, 3.8) is 0 Å². The van der Waals surface area contributed by atoms with Crippen LogP contribution in [-0.4, -0.2) is 22.3 Å². The van der Waals surface area contributed by atoms with Gasteiger partial charge in [0.25, 0.3) is 11.8 Å². The number of anilines is 1. The van der Waals surface area contributed by atoms with Crippen molar-refractivity contribution in [3.8, 4) is 22.4 Å². The molecule has 0 fully saturated rings. The Morgan fingerprint density at radius 1 is 0.706 bits per heavy atom. The minimum atomic E-state index is -0.429. The highest BCUT2D eigenvalue weighted by Gasteiger charge is 2.25. The molecule has 5 heteroatoms. The van der Waals surface area contributed by atoms with Gasteiger partial charge in [0, 0.05) is 16.8 Å². The molecule has 0 saturated carbocycles. The summed E-state index contributed by atoms with van der Waals surface area (Å²) in [5, 5.41) is 5.97. The molecule has 0 aliphatic rings. The van der Waals surface area contributed by atoms with E-state index in [-0.39, 0.29) is 17.5 Å². The zero-order valence-corrected chi connectivity index (χ0v) is 19.5. The number of aromatic nitrogens is 1. The highest BCUT2D eigenvalue weighted by Crippen LogP contribution is 2.33. The quantitative estimate of drug-likeness (QED) is 0.381. The number of rotatable bonds is 5. The van der Waals surface area contributed by atoms with E-state index in [4.69, 9.17) is 4.98 Å². The molecule has 0 saturated heterocycles. The van der Waals surface area contributed by atoms with E-state index in [9.17, 15) is 9.59 Å². The lowest BCUT2D eigenvalue weighted by molar-refractivity contribution is 0.0913. The number of nitrogens with zero attached hydrogens (tertiary/aromatic N) is 1. The van der Waals surface area contributed by atoms with Gasteiger partial charge in [-0.05, 0) is 50.1 Å². The largest absolute Gasteiger partial charge is 0.346 e. The molecule has 0 unspecified atom stereocenters. The topological polar surface area (TPSA) is 71.1 Å². The van der Waals surface area contributed by atoms with E-state index in [0.717, 1.165) is 11.1 Å². The predicted octanol–water partition coefficient (Wildman–Crippen LogP) is 6.20. The van der Waals surface area contributed by atoms with E-state index in [0.29, 0.717) is 22.5 Å². The summed E-state index contributed by atoms with van der Waals surface area (Å²) in [5.74, 6) is -0.587. The van der Waals surface area contributed by atoms with Crippen LogP contribution in [0, 0.1) is 0 Å². The first-order chi connectivity index (χ1) is 16.3. The molecular weight excluding hydrogens is 422 g/mol. The van der Waals surface area contributed by atoms with Crippen molar-refractivity contribution in [1.82, 2.24) is 10.3 Å². The number of para-hydroxylation sites is 1. The van der Waals surface area contributed by atoms with Crippen molar-refractivity contribution in [1.29, 1.82) is 0 Å². The summed E-state index contributed by atoms with van der Waals surface area (Å²) in [6.07, 6.45) is 0. The second-order valence-corrected chi connectivity index (χ2v) is 9.03. The van der Waals surface area contributed by atoms with Crippen molar-refractivity contribution < 1.29 is 9.59 Å². The van der Waals surface area contributed by atoms with Crippen LogP contribution in [0.5, 0.6) is 0 Å². The molecule has 0 spiro atoms. The maximum absolute atomic E-state index is 13.7. The van der Waals surface area contributed by atoms with Crippen LogP contribution >= 0.6 is 0 Å². The Kier molecular flexibility index (Phi) is 6.55. The first kappa shape index (κ1) is 22.9. The number of benzene rings is 3. The van der Waals surface area contributed by atoms with E-state index in [1.165, 1.54) is 0 Å². The standard InChI is InChI=1S/C29H27N3O2/c1-29(2,3)32-27(33)24-19-23(20-13-7-4-8-14-20)25(26(31-24)21-15-9-5-10-16-21)28(34)30-22-17-11-6-12-18-22/h4-19H,1-3H3,(H,30,34)(H,32,33). The smallest absolute Gasteiger partial charge is 0.270 e.